The van der Waals surface area contributed by atoms with Crippen LogP contribution in [0.15, 0.2) is 18.2 Å². The predicted octanol–water partition coefficient (Wildman–Crippen LogP) is 3.68. The predicted molar refractivity (Wildman–Crippen MR) is 77.1 cm³/mol. The lowest BCUT2D eigenvalue weighted by Gasteiger charge is -2.15. The maximum Gasteiger partial charge on any atom is 0.125 e. The molecule has 0 aliphatic carbocycles. The van der Waals surface area contributed by atoms with Crippen LogP contribution in [0.5, 0.6) is 5.75 Å². The van der Waals surface area contributed by atoms with Crippen LogP contribution in [0.25, 0.3) is 0 Å². The second-order valence-electron chi connectivity index (χ2n) is 4.70. The molecule has 3 nitrogen and oxygen atoms in total. The summed E-state index contributed by atoms with van der Waals surface area (Å²) in [5, 5.41) is 11.2. The van der Waals surface area contributed by atoms with E-state index in [1.807, 2.05) is 20.8 Å². The SMILES string of the molecule is COc1ccc(Cl)cc1C(O)c1[nH]c(C)c(C)c1C. The van der Waals surface area contributed by atoms with Crippen molar-refractivity contribution in [3.63, 3.8) is 0 Å². The standard InChI is InChI=1S/C15H18ClNO2/c1-8-9(2)14(17-10(8)3)15(18)12-7-11(16)5-6-13(12)19-4/h5-7,15,17-18H,1-4H3. The molecule has 2 N–H and O–H groups in total. The van der Waals surface area contributed by atoms with Crippen molar-refractivity contribution >= 4 is 11.6 Å². The fourth-order valence-corrected chi connectivity index (χ4v) is 2.40. The van der Waals surface area contributed by atoms with Crippen LogP contribution >= 0.6 is 11.6 Å². The monoisotopic (exact) mass is 279 g/mol. The molecule has 1 heterocycles. The van der Waals surface area contributed by atoms with E-state index in [9.17, 15) is 5.11 Å². The van der Waals surface area contributed by atoms with Gasteiger partial charge in [0.2, 0.25) is 0 Å². The van der Waals surface area contributed by atoms with E-state index in [1.54, 1.807) is 25.3 Å². The number of rotatable bonds is 3. The van der Waals surface area contributed by atoms with Crippen LogP contribution in [0, 0.1) is 20.8 Å². The Bertz CT molecular complexity index is 604. The number of hydrogen-bond donors (Lipinski definition) is 2. The van der Waals surface area contributed by atoms with Gasteiger partial charge in [0.15, 0.2) is 0 Å². The number of methoxy groups -OCH3 is 1. The number of hydrogen-bond acceptors (Lipinski definition) is 2. The number of benzene rings is 1. The van der Waals surface area contributed by atoms with E-state index in [1.165, 1.54) is 0 Å². The molecule has 0 aliphatic heterocycles. The Morgan fingerprint density at radius 2 is 1.89 bits per heavy atom. The van der Waals surface area contributed by atoms with Crippen LogP contribution in [-0.4, -0.2) is 17.2 Å². The number of aromatic nitrogens is 1. The molecule has 0 radical (unpaired) electrons. The molecule has 0 aliphatic rings. The molecule has 0 saturated carbocycles. The second kappa shape index (κ2) is 5.27. The summed E-state index contributed by atoms with van der Waals surface area (Å²) in [6.07, 6.45) is -0.777. The minimum atomic E-state index is -0.777. The number of ether oxygens (including phenoxy) is 1. The molecular weight excluding hydrogens is 262 g/mol. The lowest BCUT2D eigenvalue weighted by molar-refractivity contribution is 0.209. The Labute approximate surface area is 118 Å². The topological polar surface area (TPSA) is 45.2 Å². The third kappa shape index (κ3) is 2.48. The number of aliphatic hydroxyl groups is 1. The molecule has 2 rings (SSSR count). The number of aryl methyl sites for hydroxylation is 1. The first kappa shape index (κ1) is 14.0. The summed E-state index contributed by atoms with van der Waals surface area (Å²) >= 11 is 6.00. The maximum absolute atomic E-state index is 10.6. The van der Waals surface area contributed by atoms with Crippen LogP contribution in [0.4, 0.5) is 0 Å². The molecule has 102 valence electrons. The van der Waals surface area contributed by atoms with E-state index in [0.717, 1.165) is 22.5 Å². The number of aromatic amines is 1. The van der Waals surface area contributed by atoms with Crippen molar-refractivity contribution < 1.29 is 9.84 Å². The average Bonchev–Trinajstić information content (AvgIpc) is 2.65. The van der Waals surface area contributed by atoms with Gasteiger partial charge in [0.25, 0.3) is 0 Å². The molecule has 0 amide bonds. The Morgan fingerprint density at radius 3 is 2.42 bits per heavy atom. The van der Waals surface area contributed by atoms with Crippen LogP contribution in [0.1, 0.15) is 34.2 Å². The lowest BCUT2D eigenvalue weighted by atomic mass is 10.0. The van der Waals surface area contributed by atoms with Crippen molar-refractivity contribution in [2.45, 2.75) is 26.9 Å². The average molecular weight is 280 g/mol. The van der Waals surface area contributed by atoms with E-state index in [4.69, 9.17) is 16.3 Å². The Balaban J connectivity index is 2.52. The largest absolute Gasteiger partial charge is 0.496 e. The van der Waals surface area contributed by atoms with E-state index in [-0.39, 0.29) is 0 Å². The van der Waals surface area contributed by atoms with Gasteiger partial charge in [0, 0.05) is 16.3 Å². The molecule has 19 heavy (non-hydrogen) atoms. The summed E-state index contributed by atoms with van der Waals surface area (Å²) in [6, 6.07) is 5.24. The van der Waals surface area contributed by atoms with Gasteiger partial charge in [-0.15, -0.1) is 0 Å². The minimum absolute atomic E-state index is 0.576. The van der Waals surface area contributed by atoms with Gasteiger partial charge in [-0.05, 0) is 50.1 Å². The Kier molecular flexibility index (Phi) is 3.88. The molecule has 0 saturated heterocycles. The van der Waals surface area contributed by atoms with Gasteiger partial charge < -0.3 is 14.8 Å². The number of aliphatic hydroxyl groups excluding tert-OH is 1. The zero-order valence-corrected chi connectivity index (χ0v) is 12.3. The highest BCUT2D eigenvalue weighted by Gasteiger charge is 2.21. The van der Waals surface area contributed by atoms with Crippen molar-refractivity contribution in [2.24, 2.45) is 0 Å². The van der Waals surface area contributed by atoms with Crippen LogP contribution < -0.4 is 4.74 Å². The summed E-state index contributed by atoms with van der Waals surface area (Å²) < 4.78 is 5.29. The first-order valence-electron chi connectivity index (χ1n) is 6.12. The highest BCUT2D eigenvalue weighted by atomic mass is 35.5. The van der Waals surface area contributed by atoms with Crippen LogP contribution in [0.3, 0.4) is 0 Å². The van der Waals surface area contributed by atoms with Crippen LogP contribution in [0.2, 0.25) is 5.02 Å². The van der Waals surface area contributed by atoms with Gasteiger partial charge in [-0.2, -0.15) is 0 Å². The van der Waals surface area contributed by atoms with Crippen molar-refractivity contribution in [3.05, 3.63) is 51.3 Å². The van der Waals surface area contributed by atoms with Gasteiger partial charge in [-0.25, -0.2) is 0 Å². The van der Waals surface area contributed by atoms with Gasteiger partial charge in [0.1, 0.15) is 11.9 Å². The molecule has 0 fully saturated rings. The zero-order chi connectivity index (χ0) is 14.2. The Hall–Kier alpha value is -1.45. The highest BCUT2D eigenvalue weighted by Crippen LogP contribution is 2.34. The van der Waals surface area contributed by atoms with E-state index in [0.29, 0.717) is 16.3 Å². The molecule has 1 unspecified atom stereocenters. The van der Waals surface area contributed by atoms with Crippen molar-refractivity contribution in [1.82, 2.24) is 4.98 Å². The quantitative estimate of drug-likeness (QED) is 0.900. The van der Waals surface area contributed by atoms with E-state index < -0.39 is 6.10 Å². The third-order valence-electron chi connectivity index (χ3n) is 3.61. The summed E-state index contributed by atoms with van der Waals surface area (Å²) in [6.45, 7) is 6.02. The smallest absolute Gasteiger partial charge is 0.125 e. The summed E-state index contributed by atoms with van der Waals surface area (Å²) in [5.41, 5.74) is 4.74. The maximum atomic E-state index is 10.6. The number of nitrogens with one attached hydrogen (secondary N) is 1. The van der Waals surface area contributed by atoms with Gasteiger partial charge in [-0.3, -0.25) is 0 Å². The molecule has 1 atom stereocenters. The van der Waals surface area contributed by atoms with Crippen molar-refractivity contribution in [2.75, 3.05) is 7.11 Å². The molecule has 2 aromatic rings. The summed E-state index contributed by atoms with van der Waals surface area (Å²) in [7, 11) is 1.58. The molecular formula is C15H18ClNO2. The van der Waals surface area contributed by atoms with Gasteiger partial charge in [0.05, 0.1) is 12.8 Å². The first-order valence-corrected chi connectivity index (χ1v) is 6.50. The lowest BCUT2D eigenvalue weighted by Crippen LogP contribution is -2.04. The zero-order valence-electron chi connectivity index (χ0n) is 11.5. The minimum Gasteiger partial charge on any atom is -0.496 e. The molecule has 4 heteroatoms. The Morgan fingerprint density at radius 1 is 1.21 bits per heavy atom. The van der Waals surface area contributed by atoms with Crippen molar-refractivity contribution in [1.29, 1.82) is 0 Å². The van der Waals surface area contributed by atoms with Crippen molar-refractivity contribution in [3.8, 4) is 5.75 Å². The number of halogens is 1. The fraction of sp³-hybridized carbons (Fsp3) is 0.333. The summed E-state index contributed by atoms with van der Waals surface area (Å²) in [4.78, 5) is 3.23. The van der Waals surface area contributed by atoms with E-state index >= 15 is 0 Å². The third-order valence-corrected chi connectivity index (χ3v) is 3.85. The van der Waals surface area contributed by atoms with Gasteiger partial charge >= 0.3 is 0 Å². The number of H-pyrrole nitrogens is 1. The molecule has 0 spiro atoms. The molecule has 1 aromatic heterocycles. The van der Waals surface area contributed by atoms with E-state index in [2.05, 4.69) is 4.98 Å². The molecule has 0 bridgehead atoms. The fourth-order valence-electron chi connectivity index (χ4n) is 2.22. The van der Waals surface area contributed by atoms with Crippen LogP contribution in [-0.2, 0) is 0 Å². The second-order valence-corrected chi connectivity index (χ2v) is 5.14. The molecule has 1 aromatic carbocycles. The van der Waals surface area contributed by atoms with Gasteiger partial charge in [-0.1, -0.05) is 11.6 Å². The summed E-state index contributed by atoms with van der Waals surface area (Å²) in [5.74, 6) is 0.626. The first-order chi connectivity index (χ1) is 8.95. The highest BCUT2D eigenvalue weighted by molar-refractivity contribution is 6.30. The normalized spacial score (nSPS) is 12.5.